The van der Waals surface area contributed by atoms with Gasteiger partial charge in [-0.15, -0.1) is 11.3 Å². The van der Waals surface area contributed by atoms with Crippen molar-refractivity contribution in [3.63, 3.8) is 0 Å². The van der Waals surface area contributed by atoms with Gasteiger partial charge in [0, 0.05) is 37.8 Å². The number of thiazole rings is 1. The van der Waals surface area contributed by atoms with Gasteiger partial charge in [-0.1, -0.05) is 19.9 Å². The minimum atomic E-state index is -0.126. The second-order valence-electron chi connectivity index (χ2n) is 8.14. The Kier molecular flexibility index (Phi) is 6.18. The maximum absolute atomic E-state index is 12.7. The van der Waals surface area contributed by atoms with Crippen LogP contribution in [0.25, 0.3) is 17.8 Å². The van der Waals surface area contributed by atoms with E-state index in [1.807, 2.05) is 29.2 Å². The van der Waals surface area contributed by atoms with Crippen molar-refractivity contribution in [2.45, 2.75) is 32.6 Å². The van der Waals surface area contributed by atoms with Gasteiger partial charge in [0.05, 0.1) is 11.6 Å². The summed E-state index contributed by atoms with van der Waals surface area (Å²) in [5, 5.41) is 5.77. The third-order valence-corrected chi connectivity index (χ3v) is 6.42. The number of piperidine rings is 1. The number of amides is 1. The number of fused-ring (bicyclic) bond motifs is 1. The fraction of sp³-hybridized carbons (Fsp3) is 0.391. The predicted molar refractivity (Wildman–Crippen MR) is 126 cm³/mol. The van der Waals surface area contributed by atoms with Gasteiger partial charge in [0.2, 0.25) is 5.91 Å². The molecule has 1 saturated heterocycles. The van der Waals surface area contributed by atoms with Crippen LogP contribution in [0.2, 0.25) is 0 Å². The molecule has 0 radical (unpaired) electrons. The Morgan fingerprint density at radius 3 is 2.87 bits per heavy atom. The Hall–Kier alpha value is -3.00. The average Bonchev–Trinajstić information content (AvgIpc) is 3.26. The van der Waals surface area contributed by atoms with Crippen LogP contribution in [-0.4, -0.2) is 40.4 Å². The van der Waals surface area contributed by atoms with Crippen LogP contribution in [-0.2, 0) is 4.79 Å². The number of carbonyl (C=O) groups is 1. The van der Waals surface area contributed by atoms with Gasteiger partial charge in [0.25, 0.3) is 5.56 Å². The Bertz CT molecular complexity index is 1180. The molecular weight excluding hydrogens is 410 g/mol. The highest BCUT2D eigenvalue weighted by atomic mass is 32.1. The number of rotatable bonds is 5. The smallest absolute Gasteiger partial charge is 0.259 e. The van der Waals surface area contributed by atoms with Crippen molar-refractivity contribution < 1.29 is 4.79 Å². The third kappa shape index (κ3) is 4.69. The predicted octanol–water partition coefficient (Wildman–Crippen LogP) is 3.41. The van der Waals surface area contributed by atoms with Gasteiger partial charge < -0.3 is 10.2 Å². The summed E-state index contributed by atoms with van der Waals surface area (Å²) in [6.45, 7) is 5.63. The van der Waals surface area contributed by atoms with E-state index < -0.39 is 0 Å². The Morgan fingerprint density at radius 1 is 1.29 bits per heavy atom. The summed E-state index contributed by atoms with van der Waals surface area (Å²) in [6.07, 6.45) is 7.48. The van der Waals surface area contributed by atoms with Crippen LogP contribution < -0.4 is 15.8 Å². The van der Waals surface area contributed by atoms with Crippen LogP contribution in [0, 0.1) is 5.92 Å². The summed E-state index contributed by atoms with van der Waals surface area (Å²) in [4.78, 5) is 36.1. The highest BCUT2D eigenvalue weighted by molar-refractivity contribution is 7.10. The molecule has 0 spiro atoms. The zero-order valence-electron chi connectivity index (χ0n) is 18.0. The summed E-state index contributed by atoms with van der Waals surface area (Å²) < 4.78 is 1.54. The fourth-order valence-electron chi connectivity index (χ4n) is 3.78. The molecule has 1 amide bonds. The molecule has 0 aliphatic carbocycles. The Balaban J connectivity index is 1.60. The fourth-order valence-corrected chi connectivity index (χ4v) is 4.66. The van der Waals surface area contributed by atoms with Gasteiger partial charge in [0.15, 0.2) is 0 Å². The van der Waals surface area contributed by atoms with Crippen molar-refractivity contribution in [3.8, 4) is 0 Å². The molecule has 3 aromatic heterocycles. The molecule has 3 aromatic rings. The second kappa shape index (κ2) is 9.01. The molecule has 1 aliphatic rings. The van der Waals surface area contributed by atoms with Crippen LogP contribution >= 0.6 is 11.3 Å². The van der Waals surface area contributed by atoms with Crippen LogP contribution in [0.15, 0.2) is 34.6 Å². The number of nitrogens with one attached hydrogen (secondary N) is 1. The van der Waals surface area contributed by atoms with E-state index in [9.17, 15) is 9.59 Å². The summed E-state index contributed by atoms with van der Waals surface area (Å²) in [6, 6.07) is 5.35. The van der Waals surface area contributed by atoms with Crippen molar-refractivity contribution in [2.24, 2.45) is 5.92 Å². The summed E-state index contributed by atoms with van der Waals surface area (Å²) in [5.41, 5.74) is 2.51. The third-order valence-electron chi connectivity index (χ3n) is 5.59. The Labute approximate surface area is 185 Å². The molecule has 1 atom stereocenters. The van der Waals surface area contributed by atoms with E-state index in [0.29, 0.717) is 23.9 Å². The summed E-state index contributed by atoms with van der Waals surface area (Å²) in [5.74, 6) is 0.993. The molecule has 4 rings (SSSR count). The number of nitrogens with zero attached hydrogens (tertiary/aromatic N) is 4. The first-order valence-electron chi connectivity index (χ1n) is 10.6. The quantitative estimate of drug-likeness (QED) is 0.662. The highest BCUT2D eigenvalue weighted by Gasteiger charge is 2.26. The lowest BCUT2D eigenvalue weighted by Gasteiger charge is -2.32. The Morgan fingerprint density at radius 2 is 2.13 bits per heavy atom. The first kappa shape index (κ1) is 21.2. The standard InChI is InChI=1S/C23H27N5O2S/c1-15(2)18-14-31-21(25-18)7-6-16-8-10-28-20(11-16)26-19(12-22(28)29)27-9-4-5-17(13-27)23(30)24-3/h6-8,10-12,14-15,17H,4-5,9,13H2,1-3H3,(H,24,30). The van der Waals surface area contributed by atoms with Gasteiger partial charge in [-0.2, -0.15) is 0 Å². The maximum atomic E-state index is 12.7. The lowest BCUT2D eigenvalue weighted by molar-refractivity contribution is -0.124. The van der Waals surface area contributed by atoms with E-state index in [0.717, 1.165) is 35.7 Å². The normalized spacial score (nSPS) is 17.0. The molecule has 31 heavy (non-hydrogen) atoms. The van der Waals surface area contributed by atoms with E-state index in [-0.39, 0.29) is 17.4 Å². The molecule has 0 aromatic carbocycles. The minimum absolute atomic E-state index is 0.0393. The van der Waals surface area contributed by atoms with Crippen LogP contribution in [0.4, 0.5) is 5.82 Å². The van der Waals surface area contributed by atoms with Gasteiger partial charge in [-0.05, 0) is 42.5 Å². The minimum Gasteiger partial charge on any atom is -0.359 e. The van der Waals surface area contributed by atoms with Crippen LogP contribution in [0.5, 0.6) is 0 Å². The number of hydrogen-bond acceptors (Lipinski definition) is 6. The van der Waals surface area contributed by atoms with Crippen LogP contribution in [0.3, 0.4) is 0 Å². The number of pyridine rings is 1. The van der Waals surface area contributed by atoms with Crippen molar-refractivity contribution in [2.75, 3.05) is 25.0 Å². The zero-order chi connectivity index (χ0) is 22.0. The molecule has 1 unspecified atom stereocenters. The molecule has 162 valence electrons. The van der Waals surface area contributed by atoms with Gasteiger partial charge >= 0.3 is 0 Å². The van der Waals surface area contributed by atoms with E-state index in [2.05, 4.69) is 29.5 Å². The zero-order valence-corrected chi connectivity index (χ0v) is 18.9. The van der Waals surface area contributed by atoms with Gasteiger partial charge in [0.1, 0.15) is 16.5 Å². The number of hydrogen-bond donors (Lipinski definition) is 1. The van der Waals surface area contributed by atoms with Gasteiger partial charge in [-0.25, -0.2) is 9.97 Å². The van der Waals surface area contributed by atoms with Crippen LogP contribution in [0.1, 0.15) is 48.9 Å². The monoisotopic (exact) mass is 437 g/mol. The van der Waals surface area contributed by atoms with Gasteiger partial charge in [-0.3, -0.25) is 14.0 Å². The topological polar surface area (TPSA) is 79.6 Å². The average molecular weight is 438 g/mol. The van der Waals surface area contributed by atoms with E-state index in [1.54, 1.807) is 35.0 Å². The van der Waals surface area contributed by atoms with Crippen molar-refractivity contribution in [1.82, 2.24) is 19.7 Å². The molecule has 7 nitrogen and oxygen atoms in total. The van der Waals surface area contributed by atoms with Crippen molar-refractivity contribution in [3.05, 3.63) is 56.4 Å². The van der Waals surface area contributed by atoms with Crippen molar-refractivity contribution in [1.29, 1.82) is 0 Å². The molecule has 1 N–H and O–H groups in total. The van der Waals surface area contributed by atoms with Crippen molar-refractivity contribution >= 4 is 40.9 Å². The first-order chi connectivity index (χ1) is 14.9. The maximum Gasteiger partial charge on any atom is 0.259 e. The molecule has 1 fully saturated rings. The lowest BCUT2D eigenvalue weighted by Crippen LogP contribution is -2.42. The van der Waals surface area contributed by atoms with E-state index >= 15 is 0 Å². The molecule has 1 aliphatic heterocycles. The molecule has 8 heteroatoms. The number of anilines is 1. The van der Waals surface area contributed by atoms with E-state index in [4.69, 9.17) is 4.98 Å². The van der Waals surface area contributed by atoms with E-state index in [1.165, 1.54) is 0 Å². The lowest BCUT2D eigenvalue weighted by atomic mass is 9.97. The molecular formula is C23H27N5O2S. The summed E-state index contributed by atoms with van der Waals surface area (Å²) >= 11 is 1.62. The second-order valence-corrected chi connectivity index (χ2v) is 9.03. The molecule has 0 bridgehead atoms. The highest BCUT2D eigenvalue weighted by Crippen LogP contribution is 2.22. The molecule has 4 heterocycles. The summed E-state index contributed by atoms with van der Waals surface area (Å²) in [7, 11) is 1.66. The molecule has 0 saturated carbocycles. The first-order valence-corrected chi connectivity index (χ1v) is 11.5. The number of carbonyl (C=O) groups excluding carboxylic acids is 1. The largest absolute Gasteiger partial charge is 0.359 e. The number of aromatic nitrogens is 3. The SMILES string of the molecule is CNC(=O)C1CCCN(c2cc(=O)n3ccc(C=Cc4nc(C(C)C)cs4)cc3n2)C1.